The third-order valence-corrected chi connectivity index (χ3v) is 8.07. The first kappa shape index (κ1) is 34.9. The molecule has 5 N–H and O–H groups in total. The Bertz CT molecular complexity index is 848. The maximum atomic E-state index is 12.1. The third-order valence-electron chi connectivity index (χ3n) is 6.70. The number of unbranched alkanes of at least 4 members (excludes halogenated alkanes) is 13. The van der Waals surface area contributed by atoms with Gasteiger partial charge in [0.2, 0.25) is 21.8 Å². The van der Waals surface area contributed by atoms with Gasteiger partial charge in [0.1, 0.15) is 5.82 Å². The number of nitrogens with zero attached hydrogens (tertiary/aromatic N) is 3. The molecule has 1 aromatic heterocycles. The summed E-state index contributed by atoms with van der Waals surface area (Å²) in [5.41, 5.74) is 5.69. The van der Waals surface area contributed by atoms with Crippen LogP contribution in [0.15, 0.2) is 0 Å². The first-order chi connectivity index (χ1) is 18.8. The lowest BCUT2D eigenvalue weighted by Gasteiger charge is -2.08. The molecular weight excluding hydrogens is 518 g/mol. The van der Waals surface area contributed by atoms with E-state index in [9.17, 15) is 18.0 Å². The van der Waals surface area contributed by atoms with Gasteiger partial charge in [-0.05, 0) is 49.5 Å². The van der Waals surface area contributed by atoms with Gasteiger partial charge >= 0.3 is 0 Å². The van der Waals surface area contributed by atoms with Crippen molar-refractivity contribution in [3.63, 3.8) is 0 Å². The quantitative estimate of drug-likeness (QED) is 0.120. The van der Waals surface area contributed by atoms with Crippen LogP contribution in [0.3, 0.4) is 0 Å². The molecule has 0 aliphatic heterocycles. The number of carbonyl (C=O) groups excluding carboxylic acids is 2. The van der Waals surface area contributed by atoms with E-state index in [1.807, 2.05) is 6.92 Å². The molecule has 0 saturated heterocycles. The molecule has 2 amide bonds. The number of rotatable bonds is 26. The molecule has 0 unspecified atom stereocenters. The van der Waals surface area contributed by atoms with Crippen molar-refractivity contribution in [3.05, 3.63) is 5.82 Å². The summed E-state index contributed by atoms with van der Waals surface area (Å²) in [4.78, 5) is 23.8. The number of nitrogens with two attached hydrogens (primary N) is 1. The van der Waals surface area contributed by atoms with E-state index < -0.39 is 15.9 Å². The van der Waals surface area contributed by atoms with Gasteiger partial charge in [0.25, 0.3) is 0 Å². The zero-order chi connectivity index (χ0) is 28.6. The molecule has 226 valence electrons. The standard InChI is InChI=1S/C27H53N7O4S/c1-24(28)18-15-16-22-29-26(35)21-17-23-39(37,38)32-27(36)20-14-12-10-8-6-4-2-3-5-7-9-11-13-19-25-30-33-34-31-25/h24H,2-23,28H2,1H3,(H,29,35)(H,32,36)(H,30,31,33,34)/t24-/m1/s1. The molecule has 1 rings (SSSR count). The van der Waals surface area contributed by atoms with Crippen LogP contribution in [0, 0.1) is 0 Å². The summed E-state index contributed by atoms with van der Waals surface area (Å²) >= 11 is 0. The highest BCUT2D eigenvalue weighted by Crippen LogP contribution is 2.13. The number of carbonyl (C=O) groups is 2. The normalized spacial score (nSPS) is 12.4. The lowest BCUT2D eigenvalue weighted by atomic mass is 10.0. The fraction of sp³-hybridized carbons (Fsp3) is 0.889. The van der Waals surface area contributed by atoms with E-state index in [4.69, 9.17) is 5.73 Å². The topological polar surface area (TPSA) is 173 Å². The van der Waals surface area contributed by atoms with Gasteiger partial charge in [-0.2, -0.15) is 0 Å². The van der Waals surface area contributed by atoms with Crippen molar-refractivity contribution < 1.29 is 18.0 Å². The van der Waals surface area contributed by atoms with E-state index in [2.05, 4.69) is 30.7 Å². The Morgan fingerprint density at radius 2 is 1.36 bits per heavy atom. The lowest BCUT2D eigenvalue weighted by Crippen LogP contribution is -2.33. The maximum Gasteiger partial charge on any atom is 0.234 e. The van der Waals surface area contributed by atoms with Crippen LogP contribution in [0.1, 0.15) is 135 Å². The van der Waals surface area contributed by atoms with Crippen LogP contribution in [0.25, 0.3) is 0 Å². The van der Waals surface area contributed by atoms with Crippen LogP contribution < -0.4 is 15.8 Å². The van der Waals surface area contributed by atoms with Gasteiger partial charge < -0.3 is 11.1 Å². The molecule has 0 bridgehead atoms. The summed E-state index contributed by atoms with van der Waals surface area (Å²) in [6.07, 6.45) is 19.3. The number of nitrogens with one attached hydrogen (secondary N) is 3. The van der Waals surface area contributed by atoms with Gasteiger partial charge in [0.05, 0.1) is 5.75 Å². The Hall–Kier alpha value is -2.08. The van der Waals surface area contributed by atoms with Gasteiger partial charge in [0, 0.05) is 31.8 Å². The van der Waals surface area contributed by atoms with Crippen molar-refractivity contribution in [1.29, 1.82) is 0 Å². The van der Waals surface area contributed by atoms with Gasteiger partial charge in [-0.3, -0.25) is 14.3 Å². The molecule has 39 heavy (non-hydrogen) atoms. The zero-order valence-electron chi connectivity index (χ0n) is 24.1. The zero-order valence-corrected chi connectivity index (χ0v) is 24.9. The minimum Gasteiger partial charge on any atom is -0.356 e. The predicted molar refractivity (Wildman–Crippen MR) is 154 cm³/mol. The van der Waals surface area contributed by atoms with E-state index in [-0.39, 0.29) is 37.0 Å². The molecular formula is C27H53N7O4S. The summed E-state index contributed by atoms with van der Waals surface area (Å²) in [7, 11) is -3.70. The molecule has 1 atom stereocenters. The Morgan fingerprint density at radius 1 is 0.795 bits per heavy atom. The van der Waals surface area contributed by atoms with Crippen LogP contribution in [0.2, 0.25) is 0 Å². The summed E-state index contributed by atoms with van der Waals surface area (Å²) in [5.74, 6) is 0.0275. The van der Waals surface area contributed by atoms with E-state index in [1.54, 1.807) is 0 Å². The molecule has 0 fully saturated rings. The lowest BCUT2D eigenvalue weighted by molar-refractivity contribution is -0.121. The molecule has 12 heteroatoms. The van der Waals surface area contributed by atoms with Crippen LogP contribution in [-0.2, 0) is 26.0 Å². The molecule has 1 heterocycles. The number of tetrazole rings is 1. The molecule has 0 saturated carbocycles. The largest absolute Gasteiger partial charge is 0.356 e. The number of sulfonamides is 1. The highest BCUT2D eigenvalue weighted by Gasteiger charge is 2.15. The predicted octanol–water partition coefficient (Wildman–Crippen LogP) is 4.06. The fourth-order valence-corrected chi connectivity index (χ4v) is 5.49. The van der Waals surface area contributed by atoms with Gasteiger partial charge in [-0.15, -0.1) is 5.10 Å². The second-order valence-electron chi connectivity index (χ2n) is 10.7. The average molecular weight is 572 g/mol. The number of aryl methyl sites for hydroxylation is 1. The second-order valence-corrected chi connectivity index (χ2v) is 12.6. The van der Waals surface area contributed by atoms with Crippen molar-refractivity contribution in [3.8, 4) is 0 Å². The van der Waals surface area contributed by atoms with Crippen molar-refractivity contribution in [2.24, 2.45) is 5.73 Å². The van der Waals surface area contributed by atoms with Gasteiger partial charge in [-0.25, -0.2) is 13.5 Å². The SMILES string of the molecule is C[C@@H](N)CCCCNC(=O)CCCS(=O)(=O)NC(=O)CCCCCCCCCCCCCCCc1nnn[nH]1. The Kier molecular flexibility index (Phi) is 20.3. The number of aromatic amines is 1. The van der Waals surface area contributed by atoms with Crippen LogP contribution in [-0.4, -0.2) is 59.2 Å². The third kappa shape index (κ3) is 22.4. The van der Waals surface area contributed by atoms with Crippen molar-refractivity contribution in [2.75, 3.05) is 12.3 Å². The van der Waals surface area contributed by atoms with Gasteiger partial charge in [-0.1, -0.05) is 77.0 Å². The highest BCUT2D eigenvalue weighted by molar-refractivity contribution is 7.90. The van der Waals surface area contributed by atoms with Crippen molar-refractivity contribution in [1.82, 2.24) is 30.7 Å². The second kappa shape index (κ2) is 22.7. The number of hydrogen-bond donors (Lipinski definition) is 4. The molecule has 1 aromatic rings. The molecule has 0 aliphatic rings. The minimum atomic E-state index is -3.70. The number of H-pyrrole nitrogens is 1. The first-order valence-electron chi connectivity index (χ1n) is 15.1. The van der Waals surface area contributed by atoms with Crippen molar-refractivity contribution >= 4 is 21.8 Å². The highest BCUT2D eigenvalue weighted by atomic mass is 32.2. The van der Waals surface area contributed by atoms with E-state index >= 15 is 0 Å². The number of amides is 2. The fourth-order valence-electron chi connectivity index (χ4n) is 4.41. The Labute approximate surface area is 235 Å². The monoisotopic (exact) mass is 571 g/mol. The minimum absolute atomic E-state index is 0.131. The summed E-state index contributed by atoms with van der Waals surface area (Å²) in [6.45, 7) is 2.52. The first-order valence-corrected chi connectivity index (χ1v) is 16.7. The summed E-state index contributed by atoms with van der Waals surface area (Å²) < 4.78 is 26.3. The van der Waals surface area contributed by atoms with Crippen LogP contribution in [0.5, 0.6) is 0 Å². The van der Waals surface area contributed by atoms with E-state index in [0.717, 1.165) is 57.2 Å². The Morgan fingerprint density at radius 3 is 1.92 bits per heavy atom. The summed E-state index contributed by atoms with van der Waals surface area (Å²) in [5, 5.41) is 16.6. The Balaban J connectivity index is 1.87. The number of aromatic nitrogens is 4. The molecule has 0 spiro atoms. The molecule has 11 nitrogen and oxygen atoms in total. The van der Waals surface area contributed by atoms with Gasteiger partial charge in [0.15, 0.2) is 0 Å². The van der Waals surface area contributed by atoms with Crippen molar-refractivity contribution in [2.45, 2.75) is 141 Å². The number of hydrogen-bond acceptors (Lipinski definition) is 8. The van der Waals surface area contributed by atoms with E-state index in [1.165, 1.54) is 51.4 Å². The van der Waals surface area contributed by atoms with Crippen LogP contribution >= 0.6 is 0 Å². The molecule has 0 aromatic carbocycles. The molecule has 0 aliphatic carbocycles. The maximum absolute atomic E-state index is 12.1. The van der Waals surface area contributed by atoms with E-state index in [0.29, 0.717) is 13.0 Å². The molecule has 0 radical (unpaired) electrons. The summed E-state index contributed by atoms with van der Waals surface area (Å²) in [6, 6.07) is 0.161. The van der Waals surface area contributed by atoms with Crippen LogP contribution in [0.4, 0.5) is 0 Å². The average Bonchev–Trinajstić information content (AvgIpc) is 3.39. The smallest absolute Gasteiger partial charge is 0.234 e.